The third kappa shape index (κ3) is 5.72. The second kappa shape index (κ2) is 10.4. The quantitative estimate of drug-likeness (QED) is 0.481. The van der Waals surface area contributed by atoms with Crippen LogP contribution in [0.5, 0.6) is 5.75 Å². The Bertz CT molecular complexity index is 888. The van der Waals surface area contributed by atoms with E-state index < -0.39 is 11.9 Å². The number of hydrogen-bond donors (Lipinski definition) is 2. The molecule has 1 atom stereocenters. The minimum Gasteiger partial charge on any atom is -0.494 e. The largest absolute Gasteiger partial charge is 0.494 e. The van der Waals surface area contributed by atoms with Gasteiger partial charge < -0.3 is 20.5 Å². The molecule has 1 amide bonds. The van der Waals surface area contributed by atoms with Crippen LogP contribution in [-0.4, -0.2) is 38.2 Å². The summed E-state index contributed by atoms with van der Waals surface area (Å²) < 4.78 is 11.2. The molecule has 30 heavy (non-hydrogen) atoms. The van der Waals surface area contributed by atoms with Crippen molar-refractivity contribution < 1.29 is 19.1 Å². The summed E-state index contributed by atoms with van der Waals surface area (Å²) in [6, 6.07) is 8.89. The van der Waals surface area contributed by atoms with Gasteiger partial charge in [0.05, 0.1) is 24.3 Å². The standard InChI is InChI=1S/C24H32N2O4/c1-16(2)15-30-24(28)21-9-7-18-13-19(8-10-20(18)22(21)23(25)27)29-12-4-6-17-5-3-11-26-14-17/h7-10,13,16-17,26H,3-6,11-12,14-15H2,1-2H3,(H2,25,27). The number of benzene rings is 2. The molecule has 1 aliphatic rings. The van der Waals surface area contributed by atoms with Crippen LogP contribution < -0.4 is 15.8 Å². The molecule has 0 aromatic heterocycles. The molecule has 6 nitrogen and oxygen atoms in total. The number of primary amides is 1. The molecule has 0 saturated carbocycles. The normalized spacial score (nSPS) is 16.6. The minimum absolute atomic E-state index is 0.192. The number of nitrogens with two attached hydrogens (primary N) is 1. The van der Waals surface area contributed by atoms with Crippen molar-refractivity contribution in [1.29, 1.82) is 0 Å². The van der Waals surface area contributed by atoms with E-state index >= 15 is 0 Å². The van der Waals surface area contributed by atoms with Crippen molar-refractivity contribution in [2.24, 2.45) is 17.6 Å². The van der Waals surface area contributed by atoms with Crippen molar-refractivity contribution in [3.8, 4) is 5.75 Å². The Morgan fingerprint density at radius 2 is 2.07 bits per heavy atom. The maximum Gasteiger partial charge on any atom is 0.338 e. The third-order valence-corrected chi connectivity index (χ3v) is 5.43. The first-order valence-corrected chi connectivity index (χ1v) is 10.8. The number of hydrogen-bond acceptors (Lipinski definition) is 5. The van der Waals surface area contributed by atoms with Gasteiger partial charge in [-0.3, -0.25) is 4.79 Å². The summed E-state index contributed by atoms with van der Waals surface area (Å²) in [6.07, 6.45) is 4.72. The smallest absolute Gasteiger partial charge is 0.338 e. The Labute approximate surface area is 178 Å². The summed E-state index contributed by atoms with van der Waals surface area (Å²) in [6.45, 7) is 7.10. The molecule has 2 aromatic carbocycles. The average Bonchev–Trinajstić information content (AvgIpc) is 2.74. The second-order valence-corrected chi connectivity index (χ2v) is 8.43. The van der Waals surface area contributed by atoms with E-state index in [9.17, 15) is 9.59 Å². The molecular formula is C24H32N2O4. The third-order valence-electron chi connectivity index (χ3n) is 5.43. The lowest BCUT2D eigenvalue weighted by molar-refractivity contribution is 0.0456. The molecule has 0 spiro atoms. The molecule has 1 unspecified atom stereocenters. The molecule has 6 heteroatoms. The van der Waals surface area contributed by atoms with Crippen molar-refractivity contribution in [3.63, 3.8) is 0 Å². The second-order valence-electron chi connectivity index (χ2n) is 8.43. The number of rotatable bonds is 9. The molecule has 3 rings (SSSR count). The Kier molecular flexibility index (Phi) is 7.69. The van der Waals surface area contributed by atoms with Crippen LogP contribution >= 0.6 is 0 Å². The fourth-order valence-corrected chi connectivity index (χ4v) is 3.89. The molecule has 162 valence electrons. The first kappa shape index (κ1) is 22.1. The van der Waals surface area contributed by atoms with Crippen molar-refractivity contribution in [3.05, 3.63) is 41.5 Å². The van der Waals surface area contributed by atoms with Gasteiger partial charge in [-0.25, -0.2) is 4.79 Å². The highest BCUT2D eigenvalue weighted by molar-refractivity contribution is 6.14. The van der Waals surface area contributed by atoms with Crippen LogP contribution in [0, 0.1) is 11.8 Å². The van der Waals surface area contributed by atoms with Crippen LogP contribution in [0.4, 0.5) is 0 Å². The number of ether oxygens (including phenoxy) is 2. The van der Waals surface area contributed by atoms with Crippen molar-refractivity contribution >= 4 is 22.6 Å². The molecule has 0 radical (unpaired) electrons. The zero-order valence-corrected chi connectivity index (χ0v) is 17.9. The highest BCUT2D eigenvalue weighted by atomic mass is 16.5. The van der Waals surface area contributed by atoms with Crippen LogP contribution in [0.25, 0.3) is 10.8 Å². The Hall–Kier alpha value is -2.60. The topological polar surface area (TPSA) is 90.7 Å². The summed E-state index contributed by atoms with van der Waals surface area (Å²) in [5, 5.41) is 4.87. The van der Waals surface area contributed by atoms with Gasteiger partial charge in [-0.05, 0) is 85.6 Å². The molecular weight excluding hydrogens is 380 g/mol. The molecule has 2 aromatic rings. The van der Waals surface area contributed by atoms with Crippen LogP contribution in [0.2, 0.25) is 0 Å². The number of piperidine rings is 1. The maximum absolute atomic E-state index is 12.4. The SMILES string of the molecule is CC(C)COC(=O)c1ccc2cc(OCCCC3CCCNC3)ccc2c1C(N)=O. The molecule has 0 aliphatic carbocycles. The van der Waals surface area contributed by atoms with Gasteiger partial charge in [-0.2, -0.15) is 0 Å². The lowest BCUT2D eigenvalue weighted by Gasteiger charge is -2.22. The van der Waals surface area contributed by atoms with Gasteiger partial charge in [0.2, 0.25) is 5.91 Å². The van der Waals surface area contributed by atoms with E-state index in [1.165, 1.54) is 12.8 Å². The number of amides is 1. The highest BCUT2D eigenvalue weighted by Crippen LogP contribution is 2.27. The molecule has 0 bridgehead atoms. The summed E-state index contributed by atoms with van der Waals surface area (Å²) in [7, 11) is 0. The average molecular weight is 413 g/mol. The van der Waals surface area contributed by atoms with Crippen molar-refractivity contribution in [2.45, 2.75) is 39.5 Å². The van der Waals surface area contributed by atoms with E-state index in [1.54, 1.807) is 18.2 Å². The van der Waals surface area contributed by atoms with E-state index in [4.69, 9.17) is 15.2 Å². The number of carbonyl (C=O) groups is 2. The maximum atomic E-state index is 12.4. The van der Waals surface area contributed by atoms with E-state index in [-0.39, 0.29) is 17.0 Å². The lowest BCUT2D eigenvalue weighted by atomic mass is 9.95. The zero-order chi connectivity index (χ0) is 21.5. The van der Waals surface area contributed by atoms with Crippen LogP contribution in [-0.2, 0) is 4.74 Å². The highest BCUT2D eigenvalue weighted by Gasteiger charge is 2.20. The number of fused-ring (bicyclic) bond motifs is 1. The van der Waals surface area contributed by atoms with Crippen LogP contribution in [0.15, 0.2) is 30.3 Å². The Morgan fingerprint density at radius 1 is 1.23 bits per heavy atom. The van der Waals surface area contributed by atoms with Gasteiger partial charge in [0.25, 0.3) is 0 Å². The molecule has 3 N–H and O–H groups in total. The number of nitrogens with one attached hydrogen (secondary N) is 1. The fraction of sp³-hybridized carbons (Fsp3) is 0.500. The zero-order valence-electron chi connectivity index (χ0n) is 17.9. The Balaban J connectivity index is 1.69. The van der Waals surface area contributed by atoms with E-state index in [0.29, 0.717) is 18.6 Å². The van der Waals surface area contributed by atoms with Crippen molar-refractivity contribution in [1.82, 2.24) is 5.32 Å². The van der Waals surface area contributed by atoms with E-state index in [1.807, 2.05) is 26.0 Å². The first-order valence-electron chi connectivity index (χ1n) is 10.8. The summed E-state index contributed by atoms with van der Waals surface area (Å²) >= 11 is 0. The summed E-state index contributed by atoms with van der Waals surface area (Å²) in [5.74, 6) is 0.519. The number of esters is 1. The van der Waals surface area contributed by atoms with Crippen molar-refractivity contribution in [2.75, 3.05) is 26.3 Å². The van der Waals surface area contributed by atoms with Gasteiger partial charge in [-0.15, -0.1) is 0 Å². The Morgan fingerprint density at radius 3 is 2.77 bits per heavy atom. The summed E-state index contributed by atoms with van der Waals surface area (Å²) in [4.78, 5) is 24.5. The monoisotopic (exact) mass is 412 g/mol. The predicted molar refractivity (Wildman–Crippen MR) is 118 cm³/mol. The van der Waals surface area contributed by atoms with Gasteiger partial charge in [0.1, 0.15) is 5.75 Å². The predicted octanol–water partition coefficient (Wildman–Crippen LogP) is 3.91. The first-order chi connectivity index (χ1) is 14.5. The molecule has 1 saturated heterocycles. The van der Waals surface area contributed by atoms with Crippen LogP contribution in [0.3, 0.4) is 0 Å². The number of carbonyl (C=O) groups excluding carboxylic acids is 2. The van der Waals surface area contributed by atoms with Crippen LogP contribution in [0.1, 0.15) is 60.2 Å². The van der Waals surface area contributed by atoms with E-state index in [0.717, 1.165) is 43.0 Å². The van der Waals surface area contributed by atoms with Gasteiger partial charge >= 0.3 is 5.97 Å². The minimum atomic E-state index is -0.646. The van der Waals surface area contributed by atoms with Gasteiger partial charge in [0.15, 0.2) is 0 Å². The molecule has 1 fully saturated rings. The molecule has 1 aliphatic heterocycles. The van der Waals surface area contributed by atoms with E-state index in [2.05, 4.69) is 5.32 Å². The van der Waals surface area contributed by atoms with Gasteiger partial charge in [-0.1, -0.05) is 19.9 Å². The van der Waals surface area contributed by atoms with Gasteiger partial charge in [0, 0.05) is 0 Å². The molecule has 1 heterocycles. The lowest BCUT2D eigenvalue weighted by Crippen LogP contribution is -2.29. The summed E-state index contributed by atoms with van der Waals surface area (Å²) in [5.41, 5.74) is 5.99. The fourth-order valence-electron chi connectivity index (χ4n) is 3.89.